The molecule has 31 heavy (non-hydrogen) atoms. The van der Waals surface area contributed by atoms with Crippen molar-refractivity contribution < 1.29 is 23.9 Å². The number of amides is 1. The monoisotopic (exact) mass is 427 g/mol. The second-order valence-electron chi connectivity index (χ2n) is 8.98. The van der Waals surface area contributed by atoms with Gasteiger partial charge < -0.3 is 19.1 Å². The van der Waals surface area contributed by atoms with E-state index in [1.807, 2.05) is 38.1 Å². The fourth-order valence-electron chi connectivity index (χ4n) is 5.22. The van der Waals surface area contributed by atoms with Crippen molar-refractivity contribution in [2.75, 3.05) is 31.1 Å². The van der Waals surface area contributed by atoms with Crippen molar-refractivity contribution in [1.82, 2.24) is 10.1 Å². The number of aromatic nitrogens is 1. The SMILES string of the molecule is Cc1noc(C)c1CN1C[C@H]2C[C@@H](Oc3cccc(N4CCOC4=O)c3)[C@H](O)C[C@H]2C1. The fraction of sp³-hybridized carbons (Fsp3) is 0.565. The minimum Gasteiger partial charge on any atom is -0.488 e. The van der Waals surface area contributed by atoms with Crippen LogP contribution in [0.4, 0.5) is 10.5 Å². The van der Waals surface area contributed by atoms with Gasteiger partial charge in [-0.05, 0) is 50.7 Å². The van der Waals surface area contributed by atoms with Crippen LogP contribution in [0.25, 0.3) is 0 Å². The van der Waals surface area contributed by atoms with Crippen LogP contribution in [0.15, 0.2) is 28.8 Å². The molecule has 1 amide bonds. The summed E-state index contributed by atoms with van der Waals surface area (Å²) in [4.78, 5) is 15.9. The van der Waals surface area contributed by atoms with Gasteiger partial charge in [0, 0.05) is 31.3 Å². The standard InChI is InChI=1S/C23H29N3O5/c1-14-20(15(2)31-24-14)13-25-11-16-8-21(27)22(9-17(16)12-25)30-19-5-3-4-18(10-19)26-6-7-29-23(26)28/h3-5,10,16-17,21-22,27H,6-9,11-13H2,1-2H3/t16-,17+,21+,22+/m0/s1. The second-order valence-corrected chi connectivity index (χ2v) is 8.98. The predicted octanol–water partition coefficient (Wildman–Crippen LogP) is 2.90. The lowest BCUT2D eigenvalue weighted by atomic mass is 9.78. The third-order valence-electron chi connectivity index (χ3n) is 6.90. The Labute approximate surface area is 181 Å². The first-order chi connectivity index (χ1) is 15.0. The maximum atomic E-state index is 11.8. The van der Waals surface area contributed by atoms with Gasteiger partial charge in [0.15, 0.2) is 0 Å². The molecule has 1 aliphatic carbocycles. The highest BCUT2D eigenvalue weighted by Gasteiger charge is 2.43. The summed E-state index contributed by atoms with van der Waals surface area (Å²) in [6, 6.07) is 7.47. The van der Waals surface area contributed by atoms with Gasteiger partial charge in [-0.15, -0.1) is 0 Å². The molecule has 8 heteroatoms. The van der Waals surface area contributed by atoms with Crippen molar-refractivity contribution >= 4 is 11.8 Å². The van der Waals surface area contributed by atoms with Crippen LogP contribution >= 0.6 is 0 Å². The molecule has 3 heterocycles. The van der Waals surface area contributed by atoms with Crippen LogP contribution in [0.5, 0.6) is 5.75 Å². The number of benzene rings is 1. The molecule has 8 nitrogen and oxygen atoms in total. The summed E-state index contributed by atoms with van der Waals surface area (Å²) >= 11 is 0. The number of anilines is 1. The van der Waals surface area contributed by atoms with Crippen molar-refractivity contribution in [3.8, 4) is 5.75 Å². The molecule has 3 aliphatic rings. The number of aliphatic hydroxyl groups excluding tert-OH is 1. The molecular formula is C23H29N3O5. The second kappa shape index (κ2) is 8.16. The highest BCUT2D eigenvalue weighted by Crippen LogP contribution is 2.39. The van der Waals surface area contributed by atoms with E-state index >= 15 is 0 Å². The summed E-state index contributed by atoms with van der Waals surface area (Å²) in [5, 5.41) is 14.8. The van der Waals surface area contributed by atoms with Gasteiger partial charge in [-0.25, -0.2) is 4.79 Å². The van der Waals surface area contributed by atoms with E-state index in [0.29, 0.717) is 30.7 Å². The summed E-state index contributed by atoms with van der Waals surface area (Å²) in [5.41, 5.74) is 2.88. The van der Waals surface area contributed by atoms with E-state index in [1.165, 1.54) is 5.56 Å². The molecule has 0 spiro atoms. The summed E-state index contributed by atoms with van der Waals surface area (Å²) in [5.74, 6) is 2.52. The van der Waals surface area contributed by atoms with Gasteiger partial charge in [-0.1, -0.05) is 11.2 Å². The maximum Gasteiger partial charge on any atom is 0.414 e. The normalized spacial score (nSPS) is 28.6. The van der Waals surface area contributed by atoms with Crippen molar-refractivity contribution in [3.63, 3.8) is 0 Å². The Hall–Kier alpha value is -2.58. The molecular weight excluding hydrogens is 398 g/mol. The topological polar surface area (TPSA) is 88.3 Å². The highest BCUT2D eigenvalue weighted by atomic mass is 16.6. The number of fused-ring (bicyclic) bond motifs is 1. The van der Waals surface area contributed by atoms with Crippen LogP contribution < -0.4 is 9.64 Å². The Balaban J connectivity index is 1.23. The van der Waals surface area contributed by atoms with E-state index in [0.717, 1.165) is 49.6 Å². The molecule has 2 aliphatic heterocycles. The van der Waals surface area contributed by atoms with Gasteiger partial charge in [0.2, 0.25) is 0 Å². The summed E-state index contributed by atoms with van der Waals surface area (Å²) in [6.45, 7) is 7.69. The van der Waals surface area contributed by atoms with Gasteiger partial charge in [0.05, 0.1) is 24.0 Å². The number of carbonyl (C=O) groups excluding carboxylic acids is 1. The van der Waals surface area contributed by atoms with Crippen LogP contribution in [0.1, 0.15) is 29.9 Å². The Morgan fingerprint density at radius 1 is 1.23 bits per heavy atom. The van der Waals surface area contributed by atoms with E-state index in [4.69, 9.17) is 14.0 Å². The lowest BCUT2D eigenvalue weighted by Gasteiger charge is -2.35. The van der Waals surface area contributed by atoms with E-state index in [2.05, 4.69) is 10.1 Å². The number of likely N-dealkylation sites (tertiary alicyclic amines) is 1. The Morgan fingerprint density at radius 2 is 2.03 bits per heavy atom. The molecule has 166 valence electrons. The quantitative estimate of drug-likeness (QED) is 0.785. The van der Waals surface area contributed by atoms with Crippen molar-refractivity contribution in [2.24, 2.45) is 11.8 Å². The van der Waals surface area contributed by atoms with Crippen molar-refractivity contribution in [2.45, 2.75) is 45.4 Å². The minimum atomic E-state index is -0.499. The van der Waals surface area contributed by atoms with Crippen LogP contribution in [0.2, 0.25) is 0 Å². The number of cyclic esters (lactones) is 1. The van der Waals surface area contributed by atoms with Gasteiger partial charge in [-0.2, -0.15) is 0 Å². The van der Waals surface area contributed by atoms with Crippen LogP contribution in [-0.2, 0) is 11.3 Å². The number of nitrogens with zero attached hydrogens (tertiary/aromatic N) is 3. The molecule has 5 rings (SSSR count). The molecule has 1 aromatic carbocycles. The zero-order valence-electron chi connectivity index (χ0n) is 18.0. The number of aliphatic hydroxyl groups is 1. The minimum absolute atomic E-state index is 0.249. The lowest BCUT2D eigenvalue weighted by Crippen LogP contribution is -2.42. The Kier molecular flexibility index (Phi) is 5.35. The molecule has 3 fully saturated rings. The number of aryl methyl sites for hydroxylation is 2. The first-order valence-corrected chi connectivity index (χ1v) is 11.0. The molecule has 0 radical (unpaired) electrons. The zero-order chi connectivity index (χ0) is 21.5. The third-order valence-corrected chi connectivity index (χ3v) is 6.90. The number of ether oxygens (including phenoxy) is 2. The molecule has 2 aromatic rings. The van der Waals surface area contributed by atoms with Gasteiger partial charge in [0.25, 0.3) is 0 Å². The van der Waals surface area contributed by atoms with Gasteiger partial charge in [0.1, 0.15) is 24.2 Å². The summed E-state index contributed by atoms with van der Waals surface area (Å²) in [6.07, 6.45) is 0.481. The average Bonchev–Trinajstić information content (AvgIpc) is 3.43. The molecule has 0 unspecified atom stereocenters. The summed E-state index contributed by atoms with van der Waals surface area (Å²) < 4.78 is 16.6. The van der Waals surface area contributed by atoms with E-state index in [-0.39, 0.29) is 12.2 Å². The largest absolute Gasteiger partial charge is 0.488 e. The molecule has 1 saturated carbocycles. The molecule has 0 bridgehead atoms. The molecule has 4 atom stereocenters. The van der Waals surface area contributed by atoms with E-state index in [1.54, 1.807) is 4.90 Å². The molecule has 1 aromatic heterocycles. The smallest absolute Gasteiger partial charge is 0.414 e. The van der Waals surface area contributed by atoms with E-state index < -0.39 is 6.10 Å². The fourth-order valence-corrected chi connectivity index (χ4v) is 5.22. The lowest BCUT2D eigenvalue weighted by molar-refractivity contribution is -0.0231. The number of hydrogen-bond donors (Lipinski definition) is 1. The molecule has 1 N–H and O–H groups in total. The first kappa shape index (κ1) is 20.3. The first-order valence-electron chi connectivity index (χ1n) is 11.0. The van der Waals surface area contributed by atoms with Gasteiger partial charge in [-0.3, -0.25) is 9.80 Å². The van der Waals surface area contributed by atoms with Crippen LogP contribution in [0, 0.1) is 25.7 Å². The highest BCUT2D eigenvalue weighted by molar-refractivity contribution is 5.89. The number of carbonyl (C=O) groups is 1. The Bertz CT molecular complexity index is 941. The third kappa shape index (κ3) is 4.02. The zero-order valence-corrected chi connectivity index (χ0v) is 18.0. The van der Waals surface area contributed by atoms with Crippen LogP contribution in [-0.4, -0.2) is 59.7 Å². The maximum absolute atomic E-state index is 11.8. The predicted molar refractivity (Wildman–Crippen MR) is 113 cm³/mol. The summed E-state index contributed by atoms with van der Waals surface area (Å²) in [7, 11) is 0. The number of hydrogen-bond acceptors (Lipinski definition) is 7. The van der Waals surface area contributed by atoms with Crippen molar-refractivity contribution in [3.05, 3.63) is 41.3 Å². The van der Waals surface area contributed by atoms with Crippen molar-refractivity contribution in [1.29, 1.82) is 0 Å². The molecule has 2 saturated heterocycles. The number of rotatable bonds is 5. The van der Waals surface area contributed by atoms with Gasteiger partial charge >= 0.3 is 6.09 Å². The average molecular weight is 428 g/mol. The Morgan fingerprint density at radius 3 is 2.74 bits per heavy atom. The van der Waals surface area contributed by atoms with E-state index in [9.17, 15) is 9.90 Å². The van der Waals surface area contributed by atoms with Crippen LogP contribution in [0.3, 0.4) is 0 Å².